The fourth-order valence-corrected chi connectivity index (χ4v) is 5.84. The number of aromatic hydroxyl groups is 1. The number of amides is 1. The Morgan fingerprint density at radius 1 is 1.05 bits per heavy atom. The van der Waals surface area contributed by atoms with Gasteiger partial charge in [0.15, 0.2) is 5.82 Å². The Morgan fingerprint density at radius 3 is 2.35 bits per heavy atom. The molecule has 1 aliphatic heterocycles. The monoisotopic (exact) mass is 546 g/mol. The first kappa shape index (κ1) is 28.1. The van der Waals surface area contributed by atoms with Gasteiger partial charge in [-0.15, -0.1) is 10.2 Å². The van der Waals surface area contributed by atoms with E-state index in [1.54, 1.807) is 17.7 Å². The van der Waals surface area contributed by atoms with Gasteiger partial charge in [0.2, 0.25) is 5.82 Å². The molecule has 1 aliphatic carbocycles. The van der Waals surface area contributed by atoms with Crippen LogP contribution in [-0.2, 0) is 6.54 Å². The van der Waals surface area contributed by atoms with Crippen molar-refractivity contribution in [3.8, 4) is 28.6 Å². The van der Waals surface area contributed by atoms with Gasteiger partial charge in [-0.25, -0.2) is 0 Å². The molecule has 214 valence electrons. The van der Waals surface area contributed by atoms with Crippen LogP contribution in [0.4, 0.5) is 0 Å². The Hall–Kier alpha value is -3.43. The van der Waals surface area contributed by atoms with Crippen LogP contribution in [0.15, 0.2) is 36.4 Å². The minimum atomic E-state index is -0.249. The van der Waals surface area contributed by atoms with E-state index in [0.29, 0.717) is 17.1 Å². The topological polar surface area (TPSA) is 95.8 Å². The molecule has 0 radical (unpaired) electrons. The van der Waals surface area contributed by atoms with Crippen molar-refractivity contribution in [2.75, 3.05) is 39.8 Å². The Kier molecular flexibility index (Phi) is 8.71. The number of likely N-dealkylation sites (N-methyl/N-ethyl adjacent to an activating group) is 1. The predicted octanol–water partition coefficient (Wildman–Crippen LogP) is 4.58. The smallest absolute Gasteiger partial charge is 0.289 e. The normalized spacial score (nSPS) is 17.0. The molecular formula is C31H42N6O3. The maximum atomic E-state index is 13.5. The number of carbonyl (C=O) groups is 1. The lowest BCUT2D eigenvalue weighted by molar-refractivity contribution is 0.0925. The maximum absolute atomic E-state index is 13.5. The first-order valence-corrected chi connectivity index (χ1v) is 14.6. The van der Waals surface area contributed by atoms with Crippen molar-refractivity contribution >= 4 is 5.91 Å². The number of hydrogen-bond acceptors (Lipinski definition) is 7. The van der Waals surface area contributed by atoms with Gasteiger partial charge in [0, 0.05) is 50.5 Å². The van der Waals surface area contributed by atoms with Gasteiger partial charge >= 0.3 is 0 Å². The molecule has 40 heavy (non-hydrogen) atoms. The van der Waals surface area contributed by atoms with Gasteiger partial charge in [-0.3, -0.25) is 14.3 Å². The van der Waals surface area contributed by atoms with E-state index in [2.05, 4.69) is 58.2 Å². The highest BCUT2D eigenvalue weighted by Gasteiger charge is 2.27. The lowest BCUT2D eigenvalue weighted by Crippen LogP contribution is -2.45. The van der Waals surface area contributed by atoms with Crippen LogP contribution in [0.25, 0.3) is 17.1 Å². The average Bonchev–Trinajstić information content (AvgIpc) is 3.64. The number of piperazine rings is 1. The number of methoxy groups -OCH3 is 1. The van der Waals surface area contributed by atoms with Gasteiger partial charge in [-0.2, -0.15) is 0 Å². The standard InChI is InChI=1S/C31H42N6O3/c1-5-35-14-16-36(17-15-35)20-22-10-12-24(13-11-22)37-29(26-18-25(21(2)3)28(40-4)19-27(26)38)33-34-30(37)31(39)32-23-8-6-7-9-23/h10-13,18-19,21,23,38H,5-9,14-17,20H2,1-4H3,(H,32,39). The molecule has 0 spiro atoms. The van der Waals surface area contributed by atoms with E-state index in [4.69, 9.17) is 4.74 Å². The molecule has 1 amide bonds. The van der Waals surface area contributed by atoms with Gasteiger partial charge in [0.1, 0.15) is 11.5 Å². The number of nitrogens with zero attached hydrogens (tertiary/aromatic N) is 5. The van der Waals surface area contributed by atoms with Crippen LogP contribution in [0, 0.1) is 0 Å². The van der Waals surface area contributed by atoms with Crippen LogP contribution in [0.2, 0.25) is 0 Å². The summed E-state index contributed by atoms with van der Waals surface area (Å²) >= 11 is 0. The number of phenols is 1. The average molecular weight is 547 g/mol. The summed E-state index contributed by atoms with van der Waals surface area (Å²) in [5.41, 5.74) is 3.45. The van der Waals surface area contributed by atoms with E-state index in [1.165, 1.54) is 5.56 Å². The fourth-order valence-electron chi connectivity index (χ4n) is 5.84. The molecule has 5 rings (SSSR count). The van der Waals surface area contributed by atoms with Crippen LogP contribution >= 0.6 is 0 Å². The lowest BCUT2D eigenvalue weighted by Gasteiger charge is -2.34. The molecule has 9 heteroatoms. The molecule has 1 saturated heterocycles. The van der Waals surface area contributed by atoms with Crippen molar-refractivity contribution in [2.24, 2.45) is 0 Å². The minimum Gasteiger partial charge on any atom is -0.507 e. The molecule has 1 saturated carbocycles. The van der Waals surface area contributed by atoms with Crippen LogP contribution in [0.3, 0.4) is 0 Å². The summed E-state index contributed by atoms with van der Waals surface area (Å²) < 4.78 is 7.29. The van der Waals surface area contributed by atoms with E-state index in [-0.39, 0.29) is 29.4 Å². The number of ether oxygens (including phenoxy) is 1. The Bertz CT molecular complexity index is 1310. The summed E-state index contributed by atoms with van der Waals surface area (Å²) in [6, 6.07) is 11.9. The number of aromatic nitrogens is 3. The zero-order valence-electron chi connectivity index (χ0n) is 24.2. The number of carbonyl (C=O) groups excluding carboxylic acids is 1. The number of nitrogens with one attached hydrogen (secondary N) is 1. The molecule has 0 atom stereocenters. The van der Waals surface area contributed by atoms with Gasteiger partial charge in [0.05, 0.1) is 12.7 Å². The molecule has 2 heterocycles. The summed E-state index contributed by atoms with van der Waals surface area (Å²) in [5, 5.41) is 23.0. The summed E-state index contributed by atoms with van der Waals surface area (Å²) in [6.07, 6.45) is 4.20. The molecule has 2 aromatic carbocycles. The summed E-state index contributed by atoms with van der Waals surface area (Å²) in [7, 11) is 1.60. The van der Waals surface area contributed by atoms with E-state index >= 15 is 0 Å². The van der Waals surface area contributed by atoms with E-state index < -0.39 is 0 Å². The first-order valence-electron chi connectivity index (χ1n) is 14.6. The molecule has 0 unspecified atom stereocenters. The number of hydrogen-bond donors (Lipinski definition) is 2. The molecule has 2 fully saturated rings. The summed E-state index contributed by atoms with van der Waals surface area (Å²) in [5.74, 6) is 1.19. The van der Waals surface area contributed by atoms with E-state index in [0.717, 1.165) is 76.2 Å². The van der Waals surface area contributed by atoms with Crippen LogP contribution < -0.4 is 10.1 Å². The maximum Gasteiger partial charge on any atom is 0.289 e. The highest BCUT2D eigenvalue weighted by atomic mass is 16.5. The van der Waals surface area contributed by atoms with Gasteiger partial charge < -0.3 is 20.1 Å². The summed E-state index contributed by atoms with van der Waals surface area (Å²) in [6.45, 7) is 12.7. The second-order valence-electron chi connectivity index (χ2n) is 11.3. The van der Waals surface area contributed by atoms with Gasteiger partial charge in [-0.05, 0) is 54.6 Å². The third-order valence-electron chi connectivity index (χ3n) is 8.28. The minimum absolute atomic E-state index is 0.0282. The zero-order valence-corrected chi connectivity index (χ0v) is 24.2. The third kappa shape index (κ3) is 6.00. The summed E-state index contributed by atoms with van der Waals surface area (Å²) in [4.78, 5) is 18.4. The lowest BCUT2D eigenvalue weighted by atomic mass is 9.98. The van der Waals surface area contributed by atoms with Crippen LogP contribution in [0.5, 0.6) is 11.5 Å². The van der Waals surface area contributed by atoms with E-state index in [1.807, 2.05) is 18.2 Å². The second-order valence-corrected chi connectivity index (χ2v) is 11.3. The zero-order chi connectivity index (χ0) is 28.2. The van der Waals surface area contributed by atoms with Gasteiger partial charge in [-0.1, -0.05) is 45.7 Å². The van der Waals surface area contributed by atoms with Crippen molar-refractivity contribution in [1.29, 1.82) is 0 Å². The molecule has 1 aromatic heterocycles. The predicted molar refractivity (Wildman–Crippen MR) is 156 cm³/mol. The van der Waals surface area contributed by atoms with Crippen molar-refractivity contribution in [1.82, 2.24) is 29.9 Å². The highest BCUT2D eigenvalue weighted by Crippen LogP contribution is 2.38. The Balaban J connectivity index is 1.49. The first-order chi connectivity index (χ1) is 19.4. The van der Waals surface area contributed by atoms with Crippen LogP contribution in [0.1, 0.15) is 74.1 Å². The Labute approximate surface area is 237 Å². The largest absolute Gasteiger partial charge is 0.507 e. The molecule has 9 nitrogen and oxygen atoms in total. The number of phenolic OH excluding ortho intramolecular Hbond substituents is 1. The molecule has 0 bridgehead atoms. The third-order valence-corrected chi connectivity index (χ3v) is 8.28. The molecule has 2 N–H and O–H groups in total. The molecule has 2 aliphatic rings. The molecule has 3 aromatic rings. The second kappa shape index (κ2) is 12.4. The van der Waals surface area contributed by atoms with Crippen LogP contribution in [-0.4, -0.2) is 81.5 Å². The SMILES string of the molecule is CCN1CCN(Cc2ccc(-n3c(C(=O)NC4CCCC4)nnc3-c3cc(C(C)C)c(OC)cc3O)cc2)CC1. The van der Waals surface area contributed by atoms with Crippen molar-refractivity contribution in [3.63, 3.8) is 0 Å². The Morgan fingerprint density at radius 2 is 1.73 bits per heavy atom. The number of benzene rings is 2. The number of rotatable bonds is 9. The van der Waals surface area contributed by atoms with E-state index in [9.17, 15) is 9.90 Å². The highest BCUT2D eigenvalue weighted by molar-refractivity contribution is 5.92. The van der Waals surface area contributed by atoms with Crippen molar-refractivity contribution in [2.45, 2.75) is 65.0 Å². The van der Waals surface area contributed by atoms with Crippen molar-refractivity contribution < 1.29 is 14.6 Å². The van der Waals surface area contributed by atoms with Crippen molar-refractivity contribution in [3.05, 3.63) is 53.3 Å². The van der Waals surface area contributed by atoms with Gasteiger partial charge in [0.25, 0.3) is 5.91 Å². The molecular weight excluding hydrogens is 504 g/mol. The fraction of sp³-hybridized carbons (Fsp3) is 0.516. The quantitative estimate of drug-likeness (QED) is 0.406.